The van der Waals surface area contributed by atoms with Gasteiger partial charge < -0.3 is 4.52 Å². The van der Waals surface area contributed by atoms with Crippen molar-refractivity contribution in [3.63, 3.8) is 0 Å². The van der Waals surface area contributed by atoms with Gasteiger partial charge in [0, 0.05) is 21.2 Å². The first-order chi connectivity index (χ1) is 5.66. The second-order valence-corrected chi connectivity index (χ2v) is 4.14. The van der Waals surface area contributed by atoms with Crippen molar-refractivity contribution in [2.24, 2.45) is 0 Å². The lowest BCUT2D eigenvalue weighted by Gasteiger charge is -2.09. The van der Waals surface area contributed by atoms with E-state index in [1.165, 1.54) is 22.0 Å². The smallest absolute Gasteiger partial charge is 0.0458 e. The molecule has 1 atom stereocenters. The van der Waals surface area contributed by atoms with Crippen LogP contribution in [-0.2, 0) is 4.52 Å². The number of benzene rings is 1. The first-order valence-electron chi connectivity index (χ1n) is 4.02. The highest BCUT2D eigenvalue weighted by Gasteiger charge is 2.02. The first-order valence-corrected chi connectivity index (χ1v) is 4.93. The zero-order valence-electron chi connectivity index (χ0n) is 8.06. The number of rotatable bonds is 2. The van der Waals surface area contributed by atoms with Crippen molar-refractivity contribution in [3.8, 4) is 0 Å². The molecule has 2 heteroatoms. The minimum Gasteiger partial charge on any atom is -0.361 e. The van der Waals surface area contributed by atoms with E-state index in [1.807, 2.05) is 0 Å². The molecule has 0 aromatic heterocycles. The van der Waals surface area contributed by atoms with Crippen molar-refractivity contribution < 1.29 is 4.52 Å². The third-order valence-corrected chi connectivity index (χ3v) is 3.24. The number of aryl methyl sites for hydroxylation is 1. The van der Waals surface area contributed by atoms with Gasteiger partial charge in [0.25, 0.3) is 0 Å². The van der Waals surface area contributed by atoms with Crippen molar-refractivity contribution >= 4 is 14.1 Å². The summed E-state index contributed by atoms with van der Waals surface area (Å²) in [5.41, 5.74) is 4.12. The summed E-state index contributed by atoms with van der Waals surface area (Å²) in [5, 5.41) is 1.32. The molecule has 12 heavy (non-hydrogen) atoms. The third-order valence-electron chi connectivity index (χ3n) is 2.27. The van der Waals surface area contributed by atoms with Crippen LogP contribution in [0.4, 0.5) is 0 Å². The summed E-state index contributed by atoms with van der Waals surface area (Å²) in [6.45, 7) is 6.46. The van der Waals surface area contributed by atoms with Crippen molar-refractivity contribution in [2.45, 2.75) is 20.8 Å². The van der Waals surface area contributed by atoms with Crippen LogP contribution in [0, 0.1) is 20.8 Å². The van der Waals surface area contributed by atoms with Gasteiger partial charge in [0.1, 0.15) is 0 Å². The van der Waals surface area contributed by atoms with Crippen molar-refractivity contribution in [1.82, 2.24) is 0 Å². The van der Waals surface area contributed by atoms with Crippen molar-refractivity contribution in [3.05, 3.63) is 28.8 Å². The van der Waals surface area contributed by atoms with E-state index in [2.05, 4.69) is 32.9 Å². The topological polar surface area (TPSA) is 9.23 Å². The first kappa shape index (κ1) is 9.70. The van der Waals surface area contributed by atoms with Crippen LogP contribution < -0.4 is 5.30 Å². The fraction of sp³-hybridized carbons (Fsp3) is 0.400. The minimum atomic E-state index is 0.479. The van der Waals surface area contributed by atoms with E-state index in [4.69, 9.17) is 4.52 Å². The van der Waals surface area contributed by atoms with Crippen molar-refractivity contribution in [2.75, 3.05) is 7.11 Å². The summed E-state index contributed by atoms with van der Waals surface area (Å²) in [4.78, 5) is 0. The fourth-order valence-electron chi connectivity index (χ4n) is 1.18. The molecule has 1 rings (SSSR count). The van der Waals surface area contributed by atoms with E-state index in [0.29, 0.717) is 8.81 Å². The lowest BCUT2D eigenvalue weighted by atomic mass is 10.1. The minimum absolute atomic E-state index is 0.479. The molecule has 0 radical (unpaired) electrons. The number of hydrogen-bond acceptors (Lipinski definition) is 1. The lowest BCUT2D eigenvalue weighted by Crippen LogP contribution is -2.03. The van der Waals surface area contributed by atoms with E-state index in [9.17, 15) is 0 Å². The van der Waals surface area contributed by atoms with Gasteiger partial charge in [-0.25, -0.2) is 0 Å². The van der Waals surface area contributed by atoms with Crippen molar-refractivity contribution in [1.29, 1.82) is 0 Å². The Hall–Kier alpha value is -0.390. The van der Waals surface area contributed by atoms with Crippen LogP contribution in [-0.4, -0.2) is 7.11 Å². The Bertz CT molecular complexity index is 281. The monoisotopic (exact) mass is 182 g/mol. The molecule has 0 saturated carbocycles. The van der Waals surface area contributed by atoms with Crippen LogP contribution in [0.25, 0.3) is 0 Å². The summed E-state index contributed by atoms with van der Waals surface area (Å²) in [7, 11) is 2.22. The van der Waals surface area contributed by atoms with Gasteiger partial charge in [0.05, 0.1) is 0 Å². The molecule has 0 aliphatic rings. The second-order valence-electron chi connectivity index (χ2n) is 2.99. The van der Waals surface area contributed by atoms with Gasteiger partial charge in [-0.15, -0.1) is 0 Å². The Morgan fingerprint density at radius 1 is 1.08 bits per heavy atom. The highest BCUT2D eigenvalue weighted by atomic mass is 31.1. The van der Waals surface area contributed by atoms with Gasteiger partial charge in [-0.1, -0.05) is 12.1 Å². The molecule has 0 bridgehead atoms. The van der Waals surface area contributed by atoms with Gasteiger partial charge in [0.2, 0.25) is 0 Å². The highest BCUT2D eigenvalue weighted by molar-refractivity contribution is 7.42. The normalized spacial score (nSPS) is 11.3. The maximum atomic E-state index is 5.13. The molecule has 0 amide bonds. The summed E-state index contributed by atoms with van der Waals surface area (Å²) in [6.07, 6.45) is 0. The molecule has 1 aromatic rings. The van der Waals surface area contributed by atoms with Gasteiger partial charge in [-0.05, 0) is 37.5 Å². The fourth-order valence-corrected chi connectivity index (χ4v) is 1.89. The summed E-state index contributed by atoms with van der Waals surface area (Å²) >= 11 is 0. The second kappa shape index (κ2) is 4.02. The average Bonchev–Trinajstić information content (AvgIpc) is 2.07. The lowest BCUT2D eigenvalue weighted by molar-refractivity contribution is 0.481. The van der Waals surface area contributed by atoms with Gasteiger partial charge >= 0.3 is 0 Å². The molecule has 1 aromatic carbocycles. The summed E-state index contributed by atoms with van der Waals surface area (Å²) in [6, 6.07) is 4.31. The summed E-state index contributed by atoms with van der Waals surface area (Å²) in [5.74, 6) is 0. The molecule has 0 aliphatic carbocycles. The summed E-state index contributed by atoms with van der Waals surface area (Å²) < 4.78 is 5.13. The molecule has 0 spiro atoms. The van der Waals surface area contributed by atoms with E-state index >= 15 is 0 Å². The third kappa shape index (κ3) is 1.85. The number of hydrogen-bond donors (Lipinski definition) is 0. The van der Waals surface area contributed by atoms with Crippen LogP contribution in [0.2, 0.25) is 0 Å². The Balaban J connectivity index is 3.08. The molecule has 0 heterocycles. The van der Waals surface area contributed by atoms with E-state index in [0.717, 1.165) is 0 Å². The zero-order valence-corrected chi connectivity index (χ0v) is 9.06. The Kier molecular flexibility index (Phi) is 3.25. The van der Waals surface area contributed by atoms with Crippen LogP contribution in [0.15, 0.2) is 12.1 Å². The van der Waals surface area contributed by atoms with E-state index < -0.39 is 0 Å². The average molecular weight is 182 g/mol. The molecule has 0 fully saturated rings. The predicted molar refractivity (Wildman–Crippen MR) is 55.6 cm³/mol. The van der Waals surface area contributed by atoms with Gasteiger partial charge in [-0.3, -0.25) is 0 Å². The van der Waals surface area contributed by atoms with Crippen LogP contribution in [0.3, 0.4) is 0 Å². The standard InChI is InChI=1S/C10H15OP/c1-7-5-6-10(12-11-4)9(3)8(7)2/h5-6,12H,1-4H3. The van der Waals surface area contributed by atoms with E-state index in [-0.39, 0.29) is 0 Å². The molecule has 1 unspecified atom stereocenters. The molecular weight excluding hydrogens is 167 g/mol. The maximum Gasteiger partial charge on any atom is 0.0458 e. The highest BCUT2D eigenvalue weighted by Crippen LogP contribution is 2.18. The zero-order chi connectivity index (χ0) is 9.14. The Labute approximate surface area is 76.0 Å². The van der Waals surface area contributed by atoms with Gasteiger partial charge in [0.15, 0.2) is 0 Å². The Morgan fingerprint density at radius 3 is 2.33 bits per heavy atom. The molecule has 0 N–H and O–H groups in total. The molecule has 0 saturated heterocycles. The van der Waals surface area contributed by atoms with E-state index in [1.54, 1.807) is 7.11 Å². The Morgan fingerprint density at radius 2 is 1.75 bits per heavy atom. The maximum absolute atomic E-state index is 5.13. The molecule has 66 valence electrons. The van der Waals surface area contributed by atoms with Crippen LogP contribution in [0.1, 0.15) is 16.7 Å². The quantitative estimate of drug-likeness (QED) is 0.638. The predicted octanol–water partition coefficient (Wildman–Crippen LogP) is 2.48. The molecule has 1 nitrogen and oxygen atoms in total. The largest absolute Gasteiger partial charge is 0.361 e. The van der Waals surface area contributed by atoms with Crippen LogP contribution >= 0.6 is 8.81 Å². The SMILES string of the molecule is COPc1ccc(C)c(C)c1C. The molecule has 0 aliphatic heterocycles. The van der Waals surface area contributed by atoms with Gasteiger partial charge in [-0.2, -0.15) is 0 Å². The molecular formula is C10H15OP. The van der Waals surface area contributed by atoms with Crippen LogP contribution in [0.5, 0.6) is 0 Å².